The molecule has 1 N–H and O–H groups in total. The second-order valence-electron chi connectivity index (χ2n) is 9.05. The lowest BCUT2D eigenvalue weighted by atomic mass is 10.0. The quantitative estimate of drug-likeness (QED) is 0.391. The number of anilines is 1. The molecular formula is C29H35N3O4S. The second-order valence-corrected chi connectivity index (χ2v) is 11.0. The Labute approximate surface area is 220 Å². The van der Waals surface area contributed by atoms with Gasteiger partial charge in [-0.2, -0.15) is 0 Å². The maximum absolute atomic E-state index is 13.6. The Bertz CT molecular complexity index is 1280. The Hall–Kier alpha value is -3.65. The number of hydrogen-bond acceptors (Lipinski definition) is 4. The lowest BCUT2D eigenvalue weighted by molar-refractivity contribution is -0.141. The van der Waals surface area contributed by atoms with Crippen LogP contribution in [0.5, 0.6) is 0 Å². The van der Waals surface area contributed by atoms with E-state index in [1.54, 1.807) is 24.1 Å². The van der Waals surface area contributed by atoms with Gasteiger partial charge in [0.2, 0.25) is 21.8 Å². The third kappa shape index (κ3) is 7.92. The molecule has 2 amide bonds. The number of likely N-dealkylation sites (N-methyl/N-ethyl adjacent to an activating group) is 1. The van der Waals surface area contributed by atoms with Crippen molar-refractivity contribution in [2.75, 3.05) is 24.2 Å². The molecule has 0 unspecified atom stereocenters. The van der Waals surface area contributed by atoms with Crippen LogP contribution in [0.3, 0.4) is 0 Å². The number of para-hydroxylation sites is 1. The molecule has 3 aromatic carbocycles. The minimum Gasteiger partial charge on any atom is -0.357 e. The average Bonchev–Trinajstić information content (AvgIpc) is 2.89. The average molecular weight is 522 g/mol. The summed E-state index contributed by atoms with van der Waals surface area (Å²) in [6, 6.07) is 25.7. The third-order valence-electron chi connectivity index (χ3n) is 6.25. The van der Waals surface area contributed by atoms with Gasteiger partial charge in [-0.1, -0.05) is 78.9 Å². The van der Waals surface area contributed by atoms with Gasteiger partial charge < -0.3 is 10.2 Å². The van der Waals surface area contributed by atoms with Gasteiger partial charge >= 0.3 is 0 Å². The molecule has 3 aromatic rings. The van der Waals surface area contributed by atoms with Crippen LogP contribution in [0.1, 0.15) is 29.5 Å². The van der Waals surface area contributed by atoms with E-state index in [0.29, 0.717) is 18.5 Å². The molecule has 3 rings (SSSR count). The summed E-state index contributed by atoms with van der Waals surface area (Å²) in [5, 5.41) is 2.71. The molecule has 0 saturated heterocycles. The monoisotopic (exact) mass is 521 g/mol. The summed E-state index contributed by atoms with van der Waals surface area (Å²) >= 11 is 0. The third-order valence-corrected chi connectivity index (χ3v) is 7.43. The summed E-state index contributed by atoms with van der Waals surface area (Å²) in [6.07, 6.45) is 1.96. The van der Waals surface area contributed by atoms with Gasteiger partial charge in [0, 0.05) is 33.0 Å². The lowest BCUT2D eigenvalue weighted by Crippen LogP contribution is -2.49. The van der Waals surface area contributed by atoms with Crippen LogP contribution >= 0.6 is 0 Å². The number of aryl methyl sites for hydroxylation is 1. The summed E-state index contributed by atoms with van der Waals surface area (Å²) in [4.78, 5) is 28.2. The van der Waals surface area contributed by atoms with Crippen molar-refractivity contribution < 1.29 is 18.0 Å². The van der Waals surface area contributed by atoms with E-state index < -0.39 is 16.1 Å². The van der Waals surface area contributed by atoms with Gasteiger partial charge in [0.05, 0.1) is 11.9 Å². The maximum atomic E-state index is 13.6. The van der Waals surface area contributed by atoms with Gasteiger partial charge in [-0.3, -0.25) is 13.9 Å². The smallest absolute Gasteiger partial charge is 0.242 e. The predicted octanol–water partition coefficient (Wildman–Crippen LogP) is 3.93. The Balaban J connectivity index is 1.83. The first-order chi connectivity index (χ1) is 17.7. The number of sulfonamides is 1. The van der Waals surface area contributed by atoms with Crippen LogP contribution < -0.4 is 9.62 Å². The zero-order valence-corrected chi connectivity index (χ0v) is 22.4. The van der Waals surface area contributed by atoms with Crippen molar-refractivity contribution in [2.24, 2.45) is 0 Å². The Morgan fingerprint density at radius 3 is 2.00 bits per heavy atom. The first-order valence-corrected chi connectivity index (χ1v) is 14.2. The first-order valence-electron chi connectivity index (χ1n) is 12.3. The van der Waals surface area contributed by atoms with Gasteiger partial charge in [0.15, 0.2) is 0 Å². The molecular weight excluding hydrogens is 486 g/mol. The molecule has 0 heterocycles. The van der Waals surface area contributed by atoms with E-state index in [0.717, 1.165) is 16.7 Å². The van der Waals surface area contributed by atoms with Crippen molar-refractivity contribution in [2.45, 2.75) is 38.8 Å². The number of nitrogens with zero attached hydrogens (tertiary/aromatic N) is 2. The number of carbonyl (C=O) groups is 2. The number of rotatable bonds is 12. The summed E-state index contributed by atoms with van der Waals surface area (Å²) < 4.78 is 26.4. The van der Waals surface area contributed by atoms with Crippen molar-refractivity contribution in [1.29, 1.82) is 0 Å². The van der Waals surface area contributed by atoms with Crippen molar-refractivity contribution in [1.82, 2.24) is 10.2 Å². The standard InChI is InChI=1S/C29H35N3O4S/c1-23-13-10-11-18-26(23)32(37(3,35)36)20-12-19-28(33)31(22-25-16-8-5-9-17-25)27(29(34)30-2)21-24-14-6-4-7-15-24/h4-11,13-18,27H,12,19-22H2,1-3H3,(H,30,34)/t27-/m1/s1. The highest BCUT2D eigenvalue weighted by Gasteiger charge is 2.30. The lowest BCUT2D eigenvalue weighted by Gasteiger charge is -2.31. The normalized spacial score (nSPS) is 12.0. The molecule has 37 heavy (non-hydrogen) atoms. The van der Waals surface area contributed by atoms with E-state index >= 15 is 0 Å². The largest absolute Gasteiger partial charge is 0.357 e. The molecule has 0 radical (unpaired) electrons. The van der Waals surface area contributed by atoms with E-state index in [2.05, 4.69) is 5.32 Å². The molecule has 7 nitrogen and oxygen atoms in total. The minimum atomic E-state index is -3.54. The molecule has 1 atom stereocenters. The Morgan fingerprint density at radius 1 is 0.865 bits per heavy atom. The van der Waals surface area contributed by atoms with Crippen molar-refractivity contribution >= 4 is 27.5 Å². The van der Waals surface area contributed by atoms with E-state index in [9.17, 15) is 18.0 Å². The molecule has 196 valence electrons. The summed E-state index contributed by atoms with van der Waals surface area (Å²) in [5.41, 5.74) is 3.30. The van der Waals surface area contributed by atoms with Crippen molar-refractivity contribution in [3.63, 3.8) is 0 Å². The number of benzene rings is 3. The SMILES string of the molecule is CNC(=O)[C@@H](Cc1ccccc1)N(Cc1ccccc1)C(=O)CCCN(c1ccccc1C)S(C)(=O)=O. The van der Waals surface area contributed by atoms with Crippen molar-refractivity contribution in [3.8, 4) is 0 Å². The van der Waals surface area contributed by atoms with Crippen LogP contribution in [0.4, 0.5) is 5.69 Å². The molecule has 0 fully saturated rings. The minimum absolute atomic E-state index is 0.104. The second kappa shape index (κ2) is 13.1. The maximum Gasteiger partial charge on any atom is 0.242 e. The highest BCUT2D eigenvalue weighted by Crippen LogP contribution is 2.23. The molecule has 0 aliphatic carbocycles. The van der Waals surface area contributed by atoms with Crippen LogP contribution in [-0.4, -0.2) is 51.0 Å². The van der Waals surface area contributed by atoms with E-state index in [4.69, 9.17) is 0 Å². The molecule has 0 bridgehead atoms. The molecule has 0 saturated carbocycles. The summed E-state index contributed by atoms with van der Waals surface area (Å²) in [7, 11) is -1.97. The first kappa shape index (κ1) is 27.9. The van der Waals surface area contributed by atoms with Crippen LogP contribution in [0, 0.1) is 6.92 Å². The van der Waals surface area contributed by atoms with Crippen LogP contribution in [0.25, 0.3) is 0 Å². The molecule has 0 aliphatic heterocycles. The zero-order chi connectivity index (χ0) is 26.8. The molecule has 0 aliphatic rings. The van der Waals surface area contributed by atoms with Crippen LogP contribution in [-0.2, 0) is 32.6 Å². The number of amides is 2. The fourth-order valence-electron chi connectivity index (χ4n) is 4.33. The molecule has 0 spiro atoms. The highest BCUT2D eigenvalue weighted by molar-refractivity contribution is 7.92. The van der Waals surface area contributed by atoms with E-state index in [1.165, 1.54) is 10.6 Å². The highest BCUT2D eigenvalue weighted by atomic mass is 32.2. The Morgan fingerprint density at radius 2 is 1.43 bits per heavy atom. The van der Waals surface area contributed by atoms with Crippen LogP contribution in [0.15, 0.2) is 84.9 Å². The van der Waals surface area contributed by atoms with Gasteiger partial charge in [-0.25, -0.2) is 8.42 Å². The fraction of sp³-hybridized carbons (Fsp3) is 0.310. The van der Waals surface area contributed by atoms with Gasteiger partial charge in [0.25, 0.3) is 0 Å². The van der Waals surface area contributed by atoms with Crippen LogP contribution in [0.2, 0.25) is 0 Å². The number of nitrogens with one attached hydrogen (secondary N) is 1. The number of carbonyl (C=O) groups excluding carboxylic acids is 2. The Kier molecular flexibility index (Phi) is 9.85. The molecule has 8 heteroatoms. The van der Waals surface area contributed by atoms with Gasteiger partial charge in [0.1, 0.15) is 6.04 Å². The van der Waals surface area contributed by atoms with Crippen molar-refractivity contribution in [3.05, 3.63) is 102 Å². The topological polar surface area (TPSA) is 86.8 Å². The zero-order valence-electron chi connectivity index (χ0n) is 21.6. The fourth-order valence-corrected chi connectivity index (χ4v) is 5.35. The van der Waals surface area contributed by atoms with Gasteiger partial charge in [-0.15, -0.1) is 0 Å². The molecule has 0 aromatic heterocycles. The number of hydrogen-bond donors (Lipinski definition) is 1. The summed E-state index contributed by atoms with van der Waals surface area (Å²) in [6.45, 7) is 2.30. The van der Waals surface area contributed by atoms with Gasteiger partial charge in [-0.05, 0) is 36.1 Å². The van der Waals surface area contributed by atoms with E-state index in [-0.39, 0.29) is 31.3 Å². The predicted molar refractivity (Wildman–Crippen MR) is 148 cm³/mol. The van der Waals surface area contributed by atoms with E-state index in [1.807, 2.05) is 79.7 Å². The summed E-state index contributed by atoms with van der Waals surface area (Å²) in [5.74, 6) is -0.447.